The third-order valence-electron chi connectivity index (χ3n) is 3.55. The first-order valence-electron chi connectivity index (χ1n) is 8.08. The zero-order valence-electron chi connectivity index (χ0n) is 14.4. The fourth-order valence-electron chi connectivity index (χ4n) is 2.26. The SMILES string of the molecule is NC(=O)N(CCNC(=O)c1ccccc1CNC(=O)C[O])c1ncccn1. The van der Waals surface area contributed by atoms with Gasteiger partial charge in [-0.25, -0.2) is 19.9 Å². The molecule has 2 rings (SSSR count). The summed E-state index contributed by atoms with van der Waals surface area (Å²) in [4.78, 5) is 44.2. The van der Waals surface area contributed by atoms with Crippen LogP contribution in [-0.2, 0) is 16.4 Å². The highest BCUT2D eigenvalue weighted by Crippen LogP contribution is 2.09. The van der Waals surface area contributed by atoms with Crippen molar-refractivity contribution < 1.29 is 19.5 Å². The van der Waals surface area contributed by atoms with Gasteiger partial charge >= 0.3 is 6.03 Å². The van der Waals surface area contributed by atoms with Crippen LogP contribution in [0.1, 0.15) is 15.9 Å². The number of carbonyl (C=O) groups excluding carboxylic acids is 3. The van der Waals surface area contributed by atoms with Crippen molar-refractivity contribution in [1.82, 2.24) is 20.6 Å². The predicted molar refractivity (Wildman–Crippen MR) is 95.1 cm³/mol. The molecule has 141 valence electrons. The van der Waals surface area contributed by atoms with Crippen molar-refractivity contribution in [1.29, 1.82) is 0 Å². The van der Waals surface area contributed by atoms with Gasteiger partial charge in [0.25, 0.3) is 5.91 Å². The van der Waals surface area contributed by atoms with Gasteiger partial charge in [0.2, 0.25) is 11.9 Å². The van der Waals surface area contributed by atoms with Crippen LogP contribution in [0, 0.1) is 0 Å². The largest absolute Gasteiger partial charge is 0.351 e. The van der Waals surface area contributed by atoms with Gasteiger partial charge in [-0.2, -0.15) is 0 Å². The molecule has 0 aliphatic rings. The maximum Gasteiger partial charge on any atom is 0.321 e. The summed E-state index contributed by atoms with van der Waals surface area (Å²) in [5.41, 5.74) is 6.25. The van der Waals surface area contributed by atoms with E-state index in [1.807, 2.05) is 0 Å². The van der Waals surface area contributed by atoms with E-state index in [2.05, 4.69) is 20.6 Å². The maximum atomic E-state index is 12.4. The molecule has 10 heteroatoms. The number of hydrogen-bond donors (Lipinski definition) is 3. The minimum atomic E-state index is -0.876. The van der Waals surface area contributed by atoms with Gasteiger partial charge in [0.05, 0.1) is 0 Å². The summed E-state index contributed by atoms with van der Waals surface area (Å²) < 4.78 is 0. The molecule has 0 atom stereocenters. The lowest BCUT2D eigenvalue weighted by atomic mass is 10.1. The molecule has 4 N–H and O–H groups in total. The normalized spacial score (nSPS) is 10.1. The van der Waals surface area contributed by atoms with Crippen LogP contribution >= 0.6 is 0 Å². The molecule has 0 fully saturated rings. The molecule has 0 saturated heterocycles. The van der Waals surface area contributed by atoms with Gasteiger partial charge in [-0.1, -0.05) is 18.2 Å². The third-order valence-corrected chi connectivity index (χ3v) is 3.55. The second-order valence-corrected chi connectivity index (χ2v) is 5.37. The van der Waals surface area contributed by atoms with Crippen molar-refractivity contribution in [3.05, 3.63) is 53.9 Å². The molecular formula is C17H19N6O4. The van der Waals surface area contributed by atoms with Crippen molar-refractivity contribution >= 4 is 23.8 Å². The zero-order valence-corrected chi connectivity index (χ0v) is 14.4. The molecule has 0 aliphatic carbocycles. The lowest BCUT2D eigenvalue weighted by Gasteiger charge is -2.18. The fourth-order valence-corrected chi connectivity index (χ4v) is 2.26. The third kappa shape index (κ3) is 5.75. The Hall–Kier alpha value is -3.53. The zero-order chi connectivity index (χ0) is 19.6. The topological polar surface area (TPSA) is 150 Å². The Morgan fingerprint density at radius 3 is 2.41 bits per heavy atom. The van der Waals surface area contributed by atoms with Gasteiger partial charge in [0, 0.05) is 37.6 Å². The number of aromatic nitrogens is 2. The van der Waals surface area contributed by atoms with Crippen LogP contribution in [0.25, 0.3) is 0 Å². The first-order chi connectivity index (χ1) is 13.0. The van der Waals surface area contributed by atoms with Crippen LogP contribution < -0.4 is 21.3 Å². The van der Waals surface area contributed by atoms with E-state index < -0.39 is 18.5 Å². The Kier molecular flexibility index (Phi) is 7.20. The molecule has 10 nitrogen and oxygen atoms in total. The van der Waals surface area contributed by atoms with E-state index in [9.17, 15) is 19.5 Å². The van der Waals surface area contributed by atoms with Gasteiger partial charge in [-0.3, -0.25) is 14.5 Å². The molecule has 0 saturated carbocycles. The summed E-state index contributed by atoms with van der Waals surface area (Å²) in [6.07, 6.45) is 2.95. The summed E-state index contributed by atoms with van der Waals surface area (Å²) in [6.45, 7) is -0.615. The van der Waals surface area contributed by atoms with Gasteiger partial charge in [-0.15, -0.1) is 0 Å². The first kappa shape index (κ1) is 19.8. The number of amides is 4. The van der Waals surface area contributed by atoms with Crippen LogP contribution in [-0.4, -0.2) is 47.5 Å². The van der Waals surface area contributed by atoms with Gasteiger partial charge in [0.15, 0.2) is 6.61 Å². The van der Waals surface area contributed by atoms with Crippen molar-refractivity contribution in [3.63, 3.8) is 0 Å². The molecule has 1 heterocycles. The monoisotopic (exact) mass is 371 g/mol. The number of hydrogen-bond acceptors (Lipinski definition) is 5. The highest BCUT2D eigenvalue weighted by atomic mass is 16.3. The number of nitrogens with one attached hydrogen (secondary N) is 2. The van der Waals surface area contributed by atoms with E-state index in [0.717, 1.165) is 4.90 Å². The first-order valence-corrected chi connectivity index (χ1v) is 8.08. The molecule has 1 aromatic heterocycles. The molecule has 1 radical (unpaired) electrons. The van der Waals surface area contributed by atoms with Gasteiger partial charge in [-0.05, 0) is 17.7 Å². The minimum Gasteiger partial charge on any atom is -0.351 e. The van der Waals surface area contributed by atoms with E-state index in [0.29, 0.717) is 11.1 Å². The molecule has 4 amide bonds. The Morgan fingerprint density at radius 1 is 1.04 bits per heavy atom. The summed E-state index contributed by atoms with van der Waals surface area (Å²) in [7, 11) is 0. The van der Waals surface area contributed by atoms with E-state index in [4.69, 9.17) is 5.73 Å². The quantitative estimate of drug-likeness (QED) is 0.589. The fraction of sp³-hybridized carbons (Fsp3) is 0.235. The lowest BCUT2D eigenvalue weighted by molar-refractivity contribution is -0.125. The van der Waals surface area contributed by atoms with Crippen LogP contribution in [0.2, 0.25) is 0 Å². The number of carbonyl (C=O) groups is 3. The Balaban J connectivity index is 1.97. The Bertz CT molecular complexity index is 799. The molecule has 27 heavy (non-hydrogen) atoms. The van der Waals surface area contributed by atoms with Crippen LogP contribution in [0.3, 0.4) is 0 Å². The van der Waals surface area contributed by atoms with Gasteiger partial charge in [0.1, 0.15) is 0 Å². The van der Waals surface area contributed by atoms with E-state index in [1.54, 1.807) is 30.3 Å². The average molecular weight is 371 g/mol. The number of rotatable bonds is 8. The van der Waals surface area contributed by atoms with Crippen molar-refractivity contribution in [2.75, 3.05) is 24.6 Å². The summed E-state index contributed by atoms with van der Waals surface area (Å²) in [5.74, 6) is -0.898. The second kappa shape index (κ2) is 9.82. The lowest BCUT2D eigenvalue weighted by Crippen LogP contribution is -2.42. The number of nitrogens with two attached hydrogens (primary N) is 1. The van der Waals surface area contributed by atoms with Crippen molar-refractivity contribution in [2.24, 2.45) is 5.73 Å². The van der Waals surface area contributed by atoms with E-state index in [1.165, 1.54) is 12.4 Å². The van der Waals surface area contributed by atoms with Crippen molar-refractivity contribution in [3.8, 4) is 0 Å². The van der Waals surface area contributed by atoms with E-state index in [-0.39, 0.29) is 31.5 Å². The molecule has 0 unspecified atom stereocenters. The predicted octanol–water partition coefficient (Wildman–Crippen LogP) is -0.162. The summed E-state index contributed by atoms with van der Waals surface area (Å²) in [6, 6.07) is 7.54. The van der Waals surface area contributed by atoms with Crippen LogP contribution in [0.5, 0.6) is 0 Å². The molecule has 2 aromatic rings. The number of urea groups is 1. The minimum absolute atomic E-state index is 0.0654. The summed E-state index contributed by atoms with van der Waals surface area (Å²) in [5, 5.41) is 15.6. The van der Waals surface area contributed by atoms with Gasteiger partial charge < -0.3 is 16.4 Å². The molecule has 0 spiro atoms. The molecule has 0 bridgehead atoms. The smallest absolute Gasteiger partial charge is 0.321 e. The molecular weight excluding hydrogens is 352 g/mol. The number of anilines is 1. The number of primary amides is 1. The highest BCUT2D eigenvalue weighted by molar-refractivity contribution is 5.96. The van der Waals surface area contributed by atoms with Crippen LogP contribution in [0.15, 0.2) is 42.7 Å². The van der Waals surface area contributed by atoms with Crippen LogP contribution in [0.4, 0.5) is 10.7 Å². The number of benzene rings is 1. The summed E-state index contributed by atoms with van der Waals surface area (Å²) >= 11 is 0. The van der Waals surface area contributed by atoms with E-state index >= 15 is 0 Å². The van der Waals surface area contributed by atoms with Crippen molar-refractivity contribution in [2.45, 2.75) is 6.54 Å². The molecule has 0 aliphatic heterocycles. The number of nitrogens with zero attached hydrogens (tertiary/aromatic N) is 3. The second-order valence-electron chi connectivity index (χ2n) is 5.37. The Morgan fingerprint density at radius 2 is 1.74 bits per heavy atom. The maximum absolute atomic E-state index is 12.4. The average Bonchev–Trinajstić information content (AvgIpc) is 2.69. The standard InChI is InChI=1S/C17H19N6O4/c18-16(27)23(17-20-6-3-7-21-17)9-8-19-15(26)13-5-2-1-4-12(13)10-22-14(25)11-24/h1-7H,8-11H2,(H2,18,27)(H,19,26)(H,22,25). The Labute approximate surface area is 155 Å². The highest BCUT2D eigenvalue weighted by Gasteiger charge is 2.16. The molecule has 1 aromatic carbocycles.